The Morgan fingerprint density at radius 2 is 1.71 bits per heavy atom. The summed E-state index contributed by atoms with van der Waals surface area (Å²) in [4.78, 5) is 0. The van der Waals surface area contributed by atoms with E-state index in [9.17, 15) is 18.3 Å². The van der Waals surface area contributed by atoms with Gasteiger partial charge in [-0.25, -0.2) is 0 Å². The molecule has 2 nitrogen and oxygen atoms in total. The van der Waals surface area contributed by atoms with Gasteiger partial charge in [0.25, 0.3) is 0 Å². The maximum absolute atomic E-state index is 12.5. The van der Waals surface area contributed by atoms with Gasteiger partial charge in [-0.05, 0) is 45.1 Å². The first-order valence-electron chi connectivity index (χ1n) is 6.44. The average molecular weight is 251 g/mol. The molecule has 2 fully saturated rings. The summed E-state index contributed by atoms with van der Waals surface area (Å²) in [7, 11) is 0. The molecule has 0 aromatic heterocycles. The molecule has 1 aliphatic heterocycles. The predicted octanol–water partition coefficient (Wildman–Crippen LogP) is 2.61. The second kappa shape index (κ2) is 4.76. The van der Waals surface area contributed by atoms with Crippen molar-refractivity contribution in [3.63, 3.8) is 0 Å². The van der Waals surface area contributed by atoms with E-state index in [1.54, 1.807) is 0 Å². The van der Waals surface area contributed by atoms with Crippen molar-refractivity contribution in [3.8, 4) is 0 Å². The van der Waals surface area contributed by atoms with Crippen LogP contribution in [0.2, 0.25) is 0 Å². The number of hydrogen-bond donors (Lipinski definition) is 2. The van der Waals surface area contributed by atoms with E-state index in [4.69, 9.17) is 0 Å². The Labute approximate surface area is 99.6 Å². The van der Waals surface area contributed by atoms with Crippen molar-refractivity contribution in [2.75, 3.05) is 6.54 Å². The molecule has 0 amide bonds. The Bertz CT molecular complexity index is 253. The molecule has 1 aliphatic carbocycles. The Kier molecular flexibility index (Phi) is 3.69. The molecule has 1 unspecified atom stereocenters. The number of nitrogens with one attached hydrogen (secondary N) is 1. The molecule has 100 valence electrons. The van der Waals surface area contributed by atoms with Crippen LogP contribution >= 0.6 is 0 Å². The van der Waals surface area contributed by atoms with E-state index < -0.39 is 17.7 Å². The first-order valence-corrected chi connectivity index (χ1v) is 6.44. The molecule has 5 heteroatoms. The Hall–Kier alpha value is -0.290. The van der Waals surface area contributed by atoms with E-state index >= 15 is 0 Å². The van der Waals surface area contributed by atoms with Gasteiger partial charge in [0.1, 0.15) is 0 Å². The summed E-state index contributed by atoms with van der Waals surface area (Å²) in [5.41, 5.74) is -0.915. The van der Waals surface area contributed by atoms with Crippen LogP contribution in [0, 0.1) is 5.92 Å². The maximum Gasteiger partial charge on any atom is 0.391 e. The van der Waals surface area contributed by atoms with Crippen molar-refractivity contribution < 1.29 is 18.3 Å². The highest BCUT2D eigenvalue weighted by Crippen LogP contribution is 2.43. The number of halogens is 3. The Morgan fingerprint density at radius 1 is 1.06 bits per heavy atom. The van der Waals surface area contributed by atoms with Gasteiger partial charge in [0.15, 0.2) is 0 Å². The molecule has 17 heavy (non-hydrogen) atoms. The number of aliphatic hydroxyl groups is 1. The van der Waals surface area contributed by atoms with Crippen molar-refractivity contribution in [2.45, 2.75) is 62.8 Å². The Morgan fingerprint density at radius 3 is 2.18 bits per heavy atom. The highest BCUT2D eigenvalue weighted by atomic mass is 19.4. The number of hydrogen-bond acceptors (Lipinski definition) is 2. The van der Waals surface area contributed by atoms with Crippen molar-refractivity contribution in [1.82, 2.24) is 5.32 Å². The summed E-state index contributed by atoms with van der Waals surface area (Å²) >= 11 is 0. The molecule has 2 aliphatic rings. The van der Waals surface area contributed by atoms with Gasteiger partial charge in [0, 0.05) is 6.04 Å². The summed E-state index contributed by atoms with van der Waals surface area (Å²) < 4.78 is 37.6. The summed E-state index contributed by atoms with van der Waals surface area (Å²) in [5, 5.41) is 13.7. The topological polar surface area (TPSA) is 32.3 Å². The predicted molar refractivity (Wildman–Crippen MR) is 58.6 cm³/mol. The van der Waals surface area contributed by atoms with Crippen LogP contribution in [0.5, 0.6) is 0 Å². The molecule has 0 spiro atoms. The van der Waals surface area contributed by atoms with Gasteiger partial charge in [0.2, 0.25) is 0 Å². The van der Waals surface area contributed by atoms with Crippen LogP contribution in [-0.4, -0.2) is 29.5 Å². The van der Waals surface area contributed by atoms with E-state index in [-0.39, 0.29) is 31.7 Å². The minimum absolute atomic E-state index is 0.00886. The molecule has 0 bridgehead atoms. The molecule has 1 atom stereocenters. The van der Waals surface area contributed by atoms with E-state index in [2.05, 4.69) is 5.32 Å². The van der Waals surface area contributed by atoms with Crippen LogP contribution in [0.4, 0.5) is 13.2 Å². The van der Waals surface area contributed by atoms with Crippen molar-refractivity contribution in [1.29, 1.82) is 0 Å². The number of alkyl halides is 3. The van der Waals surface area contributed by atoms with Gasteiger partial charge >= 0.3 is 6.18 Å². The zero-order valence-electron chi connectivity index (χ0n) is 9.89. The third-order valence-corrected chi connectivity index (χ3v) is 4.27. The van der Waals surface area contributed by atoms with E-state index in [0.717, 1.165) is 25.8 Å². The molecule has 1 heterocycles. The highest BCUT2D eigenvalue weighted by Gasteiger charge is 2.47. The second-order valence-electron chi connectivity index (χ2n) is 5.42. The molecule has 2 N–H and O–H groups in total. The normalized spacial score (nSPS) is 40.2. The minimum Gasteiger partial charge on any atom is -0.388 e. The van der Waals surface area contributed by atoms with Crippen LogP contribution in [0.3, 0.4) is 0 Å². The van der Waals surface area contributed by atoms with Gasteiger partial charge in [-0.15, -0.1) is 0 Å². The molecular weight excluding hydrogens is 231 g/mol. The van der Waals surface area contributed by atoms with Crippen LogP contribution in [-0.2, 0) is 0 Å². The fraction of sp³-hybridized carbons (Fsp3) is 1.00. The lowest BCUT2D eigenvalue weighted by Gasteiger charge is -2.43. The fourth-order valence-electron chi connectivity index (χ4n) is 3.10. The first-order chi connectivity index (χ1) is 7.92. The SMILES string of the molecule is OC1(C2CCCCN2)CCC(C(F)(F)F)CC1. The molecule has 1 saturated carbocycles. The molecule has 0 aromatic rings. The lowest BCUT2D eigenvalue weighted by Crippen LogP contribution is -2.55. The molecule has 0 radical (unpaired) electrons. The van der Waals surface area contributed by atoms with Gasteiger partial charge in [-0.3, -0.25) is 0 Å². The molecule has 2 rings (SSSR count). The lowest BCUT2D eigenvalue weighted by molar-refractivity contribution is -0.194. The summed E-state index contributed by atoms with van der Waals surface area (Å²) in [5.74, 6) is -1.22. The molecular formula is C12H20F3NO. The number of rotatable bonds is 1. The van der Waals surface area contributed by atoms with Crippen molar-refractivity contribution >= 4 is 0 Å². The quantitative estimate of drug-likeness (QED) is 0.751. The zero-order valence-corrected chi connectivity index (χ0v) is 9.89. The third-order valence-electron chi connectivity index (χ3n) is 4.27. The minimum atomic E-state index is -4.10. The molecule has 0 aromatic carbocycles. The van der Waals surface area contributed by atoms with Crippen molar-refractivity contribution in [2.24, 2.45) is 5.92 Å². The summed E-state index contributed by atoms with van der Waals surface area (Å²) in [6.45, 7) is 0.871. The largest absolute Gasteiger partial charge is 0.391 e. The van der Waals surface area contributed by atoms with Gasteiger partial charge in [0.05, 0.1) is 11.5 Å². The second-order valence-corrected chi connectivity index (χ2v) is 5.42. The smallest absolute Gasteiger partial charge is 0.388 e. The Balaban J connectivity index is 1.92. The van der Waals surface area contributed by atoms with Crippen LogP contribution < -0.4 is 5.32 Å². The summed E-state index contributed by atoms with van der Waals surface area (Å²) in [6, 6.07) is -0.00886. The molecule has 1 saturated heterocycles. The van der Waals surface area contributed by atoms with E-state index in [1.807, 2.05) is 0 Å². The monoisotopic (exact) mass is 251 g/mol. The maximum atomic E-state index is 12.5. The number of piperidine rings is 1. The van der Waals surface area contributed by atoms with Crippen LogP contribution in [0.1, 0.15) is 44.9 Å². The van der Waals surface area contributed by atoms with Crippen molar-refractivity contribution in [3.05, 3.63) is 0 Å². The fourth-order valence-corrected chi connectivity index (χ4v) is 3.10. The van der Waals surface area contributed by atoms with Gasteiger partial charge < -0.3 is 10.4 Å². The standard InChI is InChI=1S/C12H20F3NO/c13-12(14,15)9-4-6-11(17,7-5-9)10-3-1-2-8-16-10/h9-10,16-17H,1-8H2. The average Bonchev–Trinajstić information content (AvgIpc) is 2.29. The summed E-state index contributed by atoms with van der Waals surface area (Å²) in [6.07, 6.45) is -0.380. The highest BCUT2D eigenvalue weighted by molar-refractivity contribution is 4.97. The lowest BCUT2D eigenvalue weighted by atomic mass is 9.73. The zero-order chi connectivity index (χ0) is 12.5. The first kappa shape index (κ1) is 13.1. The van der Waals surface area contributed by atoms with Crippen LogP contribution in [0.15, 0.2) is 0 Å². The van der Waals surface area contributed by atoms with E-state index in [1.165, 1.54) is 0 Å². The van der Waals surface area contributed by atoms with Gasteiger partial charge in [-0.2, -0.15) is 13.2 Å². The third kappa shape index (κ3) is 2.94. The van der Waals surface area contributed by atoms with Gasteiger partial charge in [-0.1, -0.05) is 6.42 Å². The van der Waals surface area contributed by atoms with E-state index in [0.29, 0.717) is 0 Å². The van der Waals surface area contributed by atoms with Crippen LogP contribution in [0.25, 0.3) is 0 Å².